The van der Waals surface area contributed by atoms with Gasteiger partial charge in [0.15, 0.2) is 0 Å². The van der Waals surface area contributed by atoms with Gasteiger partial charge >= 0.3 is 12.4 Å². The molecule has 0 aliphatic carbocycles. The fourth-order valence-electron chi connectivity index (χ4n) is 3.99. The van der Waals surface area contributed by atoms with Crippen LogP contribution in [0.3, 0.4) is 0 Å². The smallest absolute Gasteiger partial charge is 0.421 e. The van der Waals surface area contributed by atoms with Crippen LogP contribution in [0.25, 0.3) is 0 Å². The van der Waals surface area contributed by atoms with Crippen molar-refractivity contribution in [3.63, 3.8) is 0 Å². The van der Waals surface area contributed by atoms with Gasteiger partial charge in [0.05, 0.1) is 11.2 Å². The van der Waals surface area contributed by atoms with Crippen LogP contribution in [0.15, 0.2) is 41.3 Å². The average molecular weight is 464 g/mol. The van der Waals surface area contributed by atoms with E-state index >= 15 is 0 Å². The van der Waals surface area contributed by atoms with E-state index in [1.165, 1.54) is 19.2 Å². The molecule has 2 N–H and O–H groups in total. The highest BCUT2D eigenvalue weighted by Crippen LogP contribution is 2.37. The van der Waals surface area contributed by atoms with Gasteiger partial charge in [-0.1, -0.05) is 12.1 Å². The Kier molecular flexibility index (Phi) is 6.36. The Bertz CT molecular complexity index is 1020. The maximum absolute atomic E-state index is 13.1. The van der Waals surface area contributed by atoms with E-state index in [4.69, 9.17) is 4.74 Å². The summed E-state index contributed by atoms with van der Waals surface area (Å²) in [6.07, 6.45) is -7.90. The van der Waals surface area contributed by atoms with Gasteiger partial charge in [-0.3, -0.25) is 4.79 Å². The quantitative estimate of drug-likeness (QED) is 0.676. The molecule has 32 heavy (non-hydrogen) atoms. The maximum atomic E-state index is 13.1. The van der Waals surface area contributed by atoms with Crippen molar-refractivity contribution in [2.45, 2.75) is 49.8 Å². The lowest BCUT2D eigenvalue weighted by Gasteiger charge is -2.41. The van der Waals surface area contributed by atoms with Gasteiger partial charge < -0.3 is 19.7 Å². The standard InChI is InChI=1S/C21H22F6N2O3/c1-12-8-19(31,13-3-5-14(6-4-13)20(22,23)24)9-15(28-12)11-32-16-7-17(21(25,26)27)18(30)29(2)10-16/h3-7,10,12,15,28,31H,8-9,11H2,1-2H3/t12-,15-,19-/m0/s1. The van der Waals surface area contributed by atoms with Crippen molar-refractivity contribution in [1.29, 1.82) is 0 Å². The number of hydrogen-bond acceptors (Lipinski definition) is 4. The number of aliphatic hydroxyl groups is 1. The SMILES string of the molecule is C[C@H]1C[C@@](O)(c2ccc(C(F)(F)F)cc2)C[C@@H](COc2cc(C(F)(F)F)c(=O)n(C)c2)N1. The van der Waals surface area contributed by atoms with E-state index in [-0.39, 0.29) is 31.2 Å². The first kappa shape index (κ1) is 24.1. The third kappa shape index (κ3) is 5.26. The molecule has 1 aliphatic rings. The maximum Gasteiger partial charge on any atom is 0.421 e. The number of ether oxygens (including phenoxy) is 1. The summed E-state index contributed by atoms with van der Waals surface area (Å²) in [4.78, 5) is 11.7. The molecule has 1 saturated heterocycles. The molecule has 3 rings (SSSR count). The van der Waals surface area contributed by atoms with E-state index in [0.717, 1.165) is 22.9 Å². The molecule has 1 aliphatic heterocycles. The van der Waals surface area contributed by atoms with Gasteiger partial charge in [0.25, 0.3) is 5.56 Å². The number of pyridine rings is 1. The van der Waals surface area contributed by atoms with Crippen LogP contribution in [0.1, 0.15) is 36.5 Å². The summed E-state index contributed by atoms with van der Waals surface area (Å²) in [5, 5.41) is 14.3. The summed E-state index contributed by atoms with van der Waals surface area (Å²) >= 11 is 0. The molecule has 0 radical (unpaired) electrons. The van der Waals surface area contributed by atoms with E-state index in [1.807, 2.05) is 0 Å². The van der Waals surface area contributed by atoms with Crippen molar-refractivity contribution in [3.05, 3.63) is 63.6 Å². The lowest BCUT2D eigenvalue weighted by atomic mass is 9.79. The number of aromatic nitrogens is 1. The molecule has 0 amide bonds. The van der Waals surface area contributed by atoms with E-state index in [1.54, 1.807) is 6.92 Å². The second-order valence-corrected chi connectivity index (χ2v) is 8.09. The molecule has 11 heteroatoms. The highest BCUT2D eigenvalue weighted by atomic mass is 19.4. The Hall–Kier alpha value is -2.53. The van der Waals surface area contributed by atoms with Gasteiger partial charge in [0, 0.05) is 25.3 Å². The van der Waals surface area contributed by atoms with E-state index in [9.17, 15) is 36.2 Å². The predicted octanol–water partition coefficient (Wildman–Crippen LogP) is 3.83. The normalized spacial score (nSPS) is 24.4. The monoisotopic (exact) mass is 464 g/mol. The molecular formula is C21H22F6N2O3. The summed E-state index contributed by atoms with van der Waals surface area (Å²) in [5.41, 5.74) is -4.52. The third-order valence-corrected chi connectivity index (χ3v) is 5.41. The number of alkyl halides is 6. The van der Waals surface area contributed by atoms with Crippen LogP contribution in [0.5, 0.6) is 5.75 Å². The van der Waals surface area contributed by atoms with E-state index < -0.39 is 40.7 Å². The first-order valence-corrected chi connectivity index (χ1v) is 9.76. The fourth-order valence-corrected chi connectivity index (χ4v) is 3.99. The summed E-state index contributed by atoms with van der Waals surface area (Å²) in [6, 6.07) is 4.12. The Labute approximate surface area is 179 Å². The molecular weight excluding hydrogens is 442 g/mol. The van der Waals surface area contributed by atoms with Crippen LogP contribution in [-0.4, -0.2) is 28.4 Å². The molecule has 0 unspecified atom stereocenters. The second kappa shape index (κ2) is 8.43. The molecule has 3 atom stereocenters. The zero-order valence-electron chi connectivity index (χ0n) is 17.2. The molecule has 2 aromatic rings. The first-order valence-electron chi connectivity index (χ1n) is 9.76. The summed E-state index contributed by atoms with van der Waals surface area (Å²) in [7, 11) is 1.18. The van der Waals surface area contributed by atoms with Crippen molar-refractivity contribution >= 4 is 0 Å². The number of benzene rings is 1. The molecule has 1 aromatic carbocycles. The van der Waals surface area contributed by atoms with Crippen LogP contribution >= 0.6 is 0 Å². The molecule has 0 bridgehead atoms. The number of nitrogens with one attached hydrogen (secondary N) is 1. The van der Waals surface area contributed by atoms with Crippen LogP contribution < -0.4 is 15.6 Å². The number of aryl methyl sites for hydroxylation is 1. The van der Waals surface area contributed by atoms with Crippen molar-refractivity contribution < 1.29 is 36.2 Å². The summed E-state index contributed by atoms with van der Waals surface area (Å²) < 4.78 is 83.9. The lowest BCUT2D eigenvalue weighted by Crippen LogP contribution is -2.53. The van der Waals surface area contributed by atoms with Gasteiger partial charge in [-0.05, 0) is 43.5 Å². The number of hydrogen-bond donors (Lipinski definition) is 2. The van der Waals surface area contributed by atoms with Gasteiger partial charge in [-0.2, -0.15) is 26.3 Å². The predicted molar refractivity (Wildman–Crippen MR) is 103 cm³/mol. The Morgan fingerprint density at radius 1 is 1.12 bits per heavy atom. The minimum Gasteiger partial charge on any atom is -0.490 e. The van der Waals surface area contributed by atoms with E-state index in [0.29, 0.717) is 11.6 Å². The Morgan fingerprint density at radius 3 is 2.31 bits per heavy atom. The minimum atomic E-state index is -4.84. The van der Waals surface area contributed by atoms with E-state index in [2.05, 4.69) is 5.32 Å². The van der Waals surface area contributed by atoms with Crippen molar-refractivity contribution in [1.82, 2.24) is 9.88 Å². The van der Waals surface area contributed by atoms with Crippen molar-refractivity contribution in [2.24, 2.45) is 7.05 Å². The van der Waals surface area contributed by atoms with Gasteiger partial charge in [-0.15, -0.1) is 0 Å². The van der Waals surface area contributed by atoms with Gasteiger partial charge in [0.2, 0.25) is 0 Å². The zero-order chi connectivity index (χ0) is 23.9. The lowest BCUT2D eigenvalue weighted by molar-refractivity contribution is -0.139. The molecule has 2 heterocycles. The second-order valence-electron chi connectivity index (χ2n) is 8.09. The molecule has 1 fully saturated rings. The van der Waals surface area contributed by atoms with Crippen LogP contribution in [0.2, 0.25) is 0 Å². The van der Waals surface area contributed by atoms with Crippen molar-refractivity contribution in [2.75, 3.05) is 6.61 Å². The van der Waals surface area contributed by atoms with Crippen LogP contribution in [0.4, 0.5) is 26.3 Å². The number of nitrogens with zero attached hydrogens (tertiary/aromatic N) is 1. The zero-order valence-corrected chi connectivity index (χ0v) is 17.2. The molecule has 0 spiro atoms. The Morgan fingerprint density at radius 2 is 1.75 bits per heavy atom. The molecule has 5 nitrogen and oxygen atoms in total. The molecule has 0 saturated carbocycles. The van der Waals surface area contributed by atoms with Crippen LogP contribution in [-0.2, 0) is 25.0 Å². The topological polar surface area (TPSA) is 63.5 Å². The average Bonchev–Trinajstić information content (AvgIpc) is 2.66. The fraction of sp³-hybridized carbons (Fsp3) is 0.476. The number of rotatable bonds is 4. The van der Waals surface area contributed by atoms with Gasteiger partial charge in [-0.25, -0.2) is 0 Å². The number of halogens is 6. The molecule has 176 valence electrons. The van der Waals surface area contributed by atoms with Crippen LogP contribution in [0, 0.1) is 0 Å². The highest BCUT2D eigenvalue weighted by Gasteiger charge is 2.40. The minimum absolute atomic E-state index is 0.0700. The van der Waals surface area contributed by atoms with Gasteiger partial charge in [0.1, 0.15) is 17.9 Å². The van der Waals surface area contributed by atoms with Crippen molar-refractivity contribution in [3.8, 4) is 5.75 Å². The largest absolute Gasteiger partial charge is 0.490 e. The molecule has 1 aromatic heterocycles. The first-order chi connectivity index (χ1) is 14.7. The third-order valence-electron chi connectivity index (χ3n) is 5.41. The Balaban J connectivity index is 1.76. The number of piperidine rings is 1. The summed E-state index contributed by atoms with van der Waals surface area (Å²) in [5.74, 6) is -0.169. The summed E-state index contributed by atoms with van der Waals surface area (Å²) in [6.45, 7) is 1.65. The highest BCUT2D eigenvalue weighted by molar-refractivity contribution is 5.30.